The van der Waals surface area contributed by atoms with Crippen molar-refractivity contribution in [2.24, 2.45) is 5.92 Å². The molecule has 27 heavy (non-hydrogen) atoms. The van der Waals surface area contributed by atoms with E-state index in [9.17, 15) is 8.42 Å². The van der Waals surface area contributed by atoms with Gasteiger partial charge < -0.3 is 14.4 Å². The van der Waals surface area contributed by atoms with Crippen LogP contribution in [0.15, 0.2) is 40.1 Å². The van der Waals surface area contributed by atoms with Crippen molar-refractivity contribution in [3.05, 3.63) is 36.5 Å². The molecule has 3 aromatic rings. The number of aromatic nitrogens is 3. The molecule has 1 saturated heterocycles. The molecule has 0 unspecified atom stereocenters. The second-order valence-electron chi connectivity index (χ2n) is 7.12. The lowest BCUT2D eigenvalue weighted by molar-refractivity contribution is 0.247. The summed E-state index contributed by atoms with van der Waals surface area (Å²) in [7, 11) is -1.60. The molecule has 2 atom stereocenters. The minimum absolute atomic E-state index is 0.0502. The van der Waals surface area contributed by atoms with E-state index in [1.807, 2.05) is 25.4 Å². The summed E-state index contributed by atoms with van der Waals surface area (Å²) in [5.74, 6) is 0.675. The number of nitrogens with zero attached hydrogens (tertiary/aromatic N) is 4. The summed E-state index contributed by atoms with van der Waals surface area (Å²) < 4.78 is 32.6. The van der Waals surface area contributed by atoms with Gasteiger partial charge in [0.2, 0.25) is 10.0 Å². The Balaban J connectivity index is 1.65. The molecule has 0 spiro atoms. The van der Waals surface area contributed by atoms with Crippen LogP contribution in [0.4, 0.5) is 5.69 Å². The number of pyridine rings is 1. The van der Waals surface area contributed by atoms with Gasteiger partial charge in [-0.15, -0.1) is 0 Å². The SMILES string of the molecule is Cc1oncc1S(=O)(=O)N1CC[C@@H](C)[C@@H](N(C)c2ccnc3[nH]ccc23)C1. The van der Waals surface area contributed by atoms with Crippen LogP contribution in [0.5, 0.6) is 0 Å². The zero-order valence-corrected chi connectivity index (χ0v) is 16.4. The van der Waals surface area contributed by atoms with Gasteiger partial charge in [0, 0.05) is 49.6 Å². The Hall–Kier alpha value is -2.39. The molecule has 3 aromatic heterocycles. The van der Waals surface area contributed by atoms with E-state index >= 15 is 0 Å². The van der Waals surface area contributed by atoms with Gasteiger partial charge in [-0.2, -0.15) is 4.31 Å². The second kappa shape index (κ2) is 6.65. The normalized spacial score (nSPS) is 21.6. The Bertz CT molecular complexity index is 1060. The number of piperidine rings is 1. The van der Waals surface area contributed by atoms with Crippen molar-refractivity contribution in [2.75, 3.05) is 25.0 Å². The molecule has 9 heteroatoms. The van der Waals surface area contributed by atoms with Crippen LogP contribution in [-0.4, -0.2) is 54.0 Å². The Morgan fingerprint density at radius 1 is 1.37 bits per heavy atom. The predicted molar refractivity (Wildman–Crippen MR) is 102 cm³/mol. The quantitative estimate of drug-likeness (QED) is 0.736. The van der Waals surface area contributed by atoms with Crippen LogP contribution in [-0.2, 0) is 10.0 Å². The first-order chi connectivity index (χ1) is 12.9. The van der Waals surface area contributed by atoms with E-state index < -0.39 is 10.0 Å². The zero-order chi connectivity index (χ0) is 19.2. The van der Waals surface area contributed by atoms with Crippen molar-refractivity contribution >= 4 is 26.7 Å². The first-order valence-corrected chi connectivity index (χ1v) is 10.4. The maximum Gasteiger partial charge on any atom is 0.248 e. The number of sulfonamides is 1. The molecule has 0 radical (unpaired) electrons. The van der Waals surface area contributed by atoms with Gasteiger partial charge in [-0.1, -0.05) is 12.1 Å². The molecular weight excluding hydrogens is 366 g/mol. The van der Waals surface area contributed by atoms with E-state index in [0.717, 1.165) is 23.1 Å². The van der Waals surface area contributed by atoms with Crippen LogP contribution in [0.2, 0.25) is 0 Å². The lowest BCUT2D eigenvalue weighted by Crippen LogP contribution is -2.52. The van der Waals surface area contributed by atoms with Crippen LogP contribution in [0.1, 0.15) is 19.1 Å². The summed E-state index contributed by atoms with van der Waals surface area (Å²) in [6, 6.07) is 4.02. The number of nitrogens with one attached hydrogen (secondary N) is 1. The summed E-state index contributed by atoms with van der Waals surface area (Å²) in [5.41, 5.74) is 1.87. The molecule has 4 rings (SSSR count). The molecule has 0 aliphatic carbocycles. The van der Waals surface area contributed by atoms with Gasteiger partial charge in [-0.25, -0.2) is 13.4 Å². The number of fused-ring (bicyclic) bond motifs is 1. The molecule has 4 heterocycles. The van der Waals surface area contributed by atoms with Gasteiger partial charge in [-0.05, 0) is 31.4 Å². The molecule has 0 bridgehead atoms. The van der Waals surface area contributed by atoms with Crippen molar-refractivity contribution in [3.63, 3.8) is 0 Å². The molecular formula is C18H23N5O3S. The Morgan fingerprint density at radius 3 is 2.93 bits per heavy atom. The van der Waals surface area contributed by atoms with Crippen molar-refractivity contribution in [1.29, 1.82) is 0 Å². The van der Waals surface area contributed by atoms with Gasteiger partial charge in [-0.3, -0.25) is 0 Å². The van der Waals surface area contributed by atoms with Gasteiger partial charge >= 0.3 is 0 Å². The largest absolute Gasteiger partial charge is 0.369 e. The summed E-state index contributed by atoms with van der Waals surface area (Å²) in [6.45, 7) is 4.70. The molecule has 1 aliphatic heterocycles. The average Bonchev–Trinajstić information content (AvgIpc) is 3.30. The molecule has 1 aliphatic rings. The lowest BCUT2D eigenvalue weighted by Gasteiger charge is -2.42. The third-order valence-electron chi connectivity index (χ3n) is 5.52. The fraction of sp³-hybridized carbons (Fsp3) is 0.444. The number of aryl methyl sites for hydroxylation is 1. The van der Waals surface area contributed by atoms with Crippen molar-refractivity contribution in [2.45, 2.75) is 31.2 Å². The number of anilines is 1. The highest BCUT2D eigenvalue weighted by Gasteiger charge is 2.37. The smallest absolute Gasteiger partial charge is 0.248 e. The summed E-state index contributed by atoms with van der Waals surface area (Å²) >= 11 is 0. The number of hydrogen-bond donors (Lipinski definition) is 1. The van der Waals surface area contributed by atoms with Gasteiger partial charge in [0.15, 0.2) is 5.76 Å². The van der Waals surface area contributed by atoms with E-state index in [1.165, 1.54) is 6.20 Å². The number of rotatable bonds is 4. The molecule has 8 nitrogen and oxygen atoms in total. The molecule has 1 fully saturated rings. The van der Waals surface area contributed by atoms with Crippen LogP contribution < -0.4 is 4.90 Å². The van der Waals surface area contributed by atoms with E-state index in [2.05, 4.69) is 26.9 Å². The van der Waals surface area contributed by atoms with Crippen molar-refractivity contribution in [1.82, 2.24) is 19.4 Å². The van der Waals surface area contributed by atoms with Crippen molar-refractivity contribution < 1.29 is 12.9 Å². The molecule has 0 saturated carbocycles. The minimum atomic E-state index is -3.62. The molecule has 144 valence electrons. The maximum atomic E-state index is 13.0. The van der Waals surface area contributed by atoms with E-state index in [-0.39, 0.29) is 10.9 Å². The van der Waals surface area contributed by atoms with Crippen LogP contribution in [0.25, 0.3) is 11.0 Å². The average molecular weight is 389 g/mol. The van der Waals surface area contributed by atoms with E-state index in [1.54, 1.807) is 17.4 Å². The zero-order valence-electron chi connectivity index (χ0n) is 15.6. The summed E-state index contributed by atoms with van der Waals surface area (Å²) in [6.07, 6.45) is 5.71. The van der Waals surface area contributed by atoms with Gasteiger partial charge in [0.05, 0.1) is 6.20 Å². The fourth-order valence-corrected chi connectivity index (χ4v) is 5.40. The van der Waals surface area contributed by atoms with E-state index in [4.69, 9.17) is 4.52 Å². The highest BCUT2D eigenvalue weighted by Crippen LogP contribution is 2.32. The van der Waals surface area contributed by atoms with Crippen molar-refractivity contribution in [3.8, 4) is 0 Å². The Kier molecular flexibility index (Phi) is 4.43. The van der Waals surface area contributed by atoms with Gasteiger partial charge in [0.1, 0.15) is 10.5 Å². The standard InChI is InChI=1S/C18H23N5O3S/c1-12-6-9-23(27(24,25)17-10-21-26-13(17)2)11-16(12)22(3)15-5-8-20-18-14(15)4-7-19-18/h4-5,7-8,10,12,16H,6,9,11H2,1-3H3,(H,19,20)/t12-,16+/m1/s1. The third-order valence-corrected chi connectivity index (χ3v) is 7.48. The first kappa shape index (κ1) is 18.0. The molecule has 1 N–H and O–H groups in total. The third kappa shape index (κ3) is 3.00. The first-order valence-electron chi connectivity index (χ1n) is 8.96. The predicted octanol–water partition coefficient (Wildman–Crippen LogP) is 2.39. The van der Waals surface area contributed by atoms with Crippen LogP contribution >= 0.6 is 0 Å². The second-order valence-corrected chi connectivity index (χ2v) is 9.03. The Morgan fingerprint density at radius 2 is 2.19 bits per heavy atom. The van der Waals surface area contributed by atoms with Gasteiger partial charge in [0.25, 0.3) is 0 Å². The highest BCUT2D eigenvalue weighted by molar-refractivity contribution is 7.89. The van der Waals surface area contributed by atoms with Crippen LogP contribution in [0, 0.1) is 12.8 Å². The number of aromatic amines is 1. The summed E-state index contributed by atoms with van der Waals surface area (Å²) in [4.78, 5) is 9.79. The highest BCUT2D eigenvalue weighted by atomic mass is 32.2. The topological polar surface area (TPSA) is 95.3 Å². The Labute approximate surface area is 158 Å². The van der Waals surface area contributed by atoms with E-state index in [0.29, 0.717) is 24.8 Å². The monoisotopic (exact) mass is 389 g/mol. The molecule has 0 aromatic carbocycles. The maximum absolute atomic E-state index is 13.0. The fourth-order valence-electron chi connectivity index (χ4n) is 3.85. The number of likely N-dealkylation sites (N-methyl/N-ethyl adjacent to an activating group) is 1. The minimum Gasteiger partial charge on any atom is -0.369 e. The lowest BCUT2D eigenvalue weighted by atomic mass is 9.93. The number of hydrogen-bond acceptors (Lipinski definition) is 6. The summed E-state index contributed by atoms with van der Waals surface area (Å²) in [5, 5.41) is 4.66. The molecule has 0 amide bonds. The number of H-pyrrole nitrogens is 1. The van der Waals surface area contributed by atoms with Crippen LogP contribution in [0.3, 0.4) is 0 Å².